The molecule has 0 aliphatic rings. The summed E-state index contributed by atoms with van der Waals surface area (Å²) in [5.41, 5.74) is 3.17. The summed E-state index contributed by atoms with van der Waals surface area (Å²) < 4.78 is 20.9. The summed E-state index contributed by atoms with van der Waals surface area (Å²) in [5.74, 6) is 0.313. The van der Waals surface area contributed by atoms with Gasteiger partial charge in [-0.1, -0.05) is 6.58 Å². The fourth-order valence-corrected chi connectivity index (χ4v) is 3.87. The molecule has 11 nitrogen and oxygen atoms in total. The first kappa shape index (κ1) is 26.5. The lowest BCUT2D eigenvalue weighted by atomic mass is 10.2. The number of nitrogens with one attached hydrogen (secondary N) is 2. The molecule has 4 aromatic rings. The molecule has 2 aromatic carbocycles. The first-order valence-corrected chi connectivity index (χ1v) is 11.8. The van der Waals surface area contributed by atoms with Crippen molar-refractivity contribution in [1.29, 1.82) is 0 Å². The van der Waals surface area contributed by atoms with Gasteiger partial charge in [0.2, 0.25) is 11.9 Å². The van der Waals surface area contributed by atoms with E-state index in [1.54, 1.807) is 26.2 Å². The molecule has 2 heterocycles. The van der Waals surface area contributed by atoms with Crippen LogP contribution >= 0.6 is 0 Å². The summed E-state index contributed by atoms with van der Waals surface area (Å²) in [4.78, 5) is 29.3. The number of ether oxygens (including phenoxy) is 1. The van der Waals surface area contributed by atoms with Gasteiger partial charge in [0.1, 0.15) is 17.9 Å². The molecule has 2 N–H and O–H groups in total. The zero-order valence-corrected chi connectivity index (χ0v) is 22.0. The van der Waals surface area contributed by atoms with Crippen molar-refractivity contribution in [3.05, 3.63) is 60.8 Å². The molecule has 0 spiro atoms. The second-order valence-corrected chi connectivity index (χ2v) is 8.88. The SMILES string of the molecule is C=CC(=O)Nc1cc(Nc2ncnc(-n3nc(C)c4cc(F)ccc43)n2)c(OC)cc1N(C)CCN(C)C. The molecule has 12 heteroatoms. The summed E-state index contributed by atoms with van der Waals surface area (Å²) in [6.45, 7) is 6.88. The number of likely N-dealkylation sites (N-methyl/N-ethyl adjacent to an activating group) is 2. The highest BCUT2D eigenvalue weighted by Crippen LogP contribution is 2.38. The van der Waals surface area contributed by atoms with Gasteiger partial charge >= 0.3 is 0 Å². The van der Waals surface area contributed by atoms with Crippen LogP contribution in [-0.2, 0) is 4.79 Å². The summed E-state index contributed by atoms with van der Waals surface area (Å²) in [5, 5.41) is 11.2. The molecule has 0 atom stereocenters. The monoisotopic (exact) mass is 519 g/mol. The van der Waals surface area contributed by atoms with Crippen LogP contribution < -0.4 is 20.3 Å². The van der Waals surface area contributed by atoms with Crippen molar-refractivity contribution in [3.8, 4) is 11.7 Å². The van der Waals surface area contributed by atoms with E-state index in [0.29, 0.717) is 33.7 Å². The van der Waals surface area contributed by atoms with E-state index in [0.717, 1.165) is 18.8 Å². The average Bonchev–Trinajstić information content (AvgIpc) is 3.23. The maximum Gasteiger partial charge on any atom is 0.255 e. The normalized spacial score (nSPS) is 11.0. The van der Waals surface area contributed by atoms with Gasteiger partial charge < -0.3 is 25.2 Å². The fraction of sp³-hybridized carbons (Fsp3) is 0.269. The van der Waals surface area contributed by atoms with Gasteiger partial charge in [0, 0.05) is 31.6 Å². The lowest BCUT2D eigenvalue weighted by Gasteiger charge is -2.25. The maximum atomic E-state index is 13.8. The number of rotatable bonds is 10. The fourth-order valence-electron chi connectivity index (χ4n) is 3.87. The van der Waals surface area contributed by atoms with Gasteiger partial charge in [0.25, 0.3) is 5.95 Å². The van der Waals surface area contributed by atoms with Gasteiger partial charge in [-0.3, -0.25) is 4.79 Å². The molecular formula is C26H30FN9O2. The lowest BCUT2D eigenvalue weighted by Crippen LogP contribution is -2.29. The largest absolute Gasteiger partial charge is 0.494 e. The Labute approximate surface area is 220 Å². The zero-order valence-electron chi connectivity index (χ0n) is 22.0. The number of aromatic nitrogens is 5. The molecule has 0 unspecified atom stereocenters. The number of halogens is 1. The summed E-state index contributed by atoms with van der Waals surface area (Å²) in [6.07, 6.45) is 2.56. The Kier molecular flexibility index (Phi) is 7.82. The van der Waals surface area contributed by atoms with E-state index in [9.17, 15) is 9.18 Å². The number of methoxy groups -OCH3 is 1. The van der Waals surface area contributed by atoms with Gasteiger partial charge in [-0.2, -0.15) is 19.7 Å². The van der Waals surface area contributed by atoms with E-state index in [1.165, 1.54) is 29.2 Å². The molecule has 0 saturated carbocycles. The molecule has 0 aliphatic carbocycles. The first-order chi connectivity index (χ1) is 18.2. The van der Waals surface area contributed by atoms with Crippen LogP contribution in [0.5, 0.6) is 5.75 Å². The van der Waals surface area contributed by atoms with E-state index >= 15 is 0 Å². The zero-order chi connectivity index (χ0) is 27.4. The third-order valence-corrected chi connectivity index (χ3v) is 5.88. The van der Waals surface area contributed by atoms with Crippen molar-refractivity contribution < 1.29 is 13.9 Å². The van der Waals surface area contributed by atoms with Crippen molar-refractivity contribution in [3.63, 3.8) is 0 Å². The van der Waals surface area contributed by atoms with Crippen LogP contribution in [-0.4, -0.2) is 76.9 Å². The Morgan fingerprint density at radius 3 is 2.66 bits per heavy atom. The van der Waals surface area contributed by atoms with Crippen LogP contribution in [0, 0.1) is 12.7 Å². The van der Waals surface area contributed by atoms with Crippen LogP contribution in [0.25, 0.3) is 16.9 Å². The topological polar surface area (TPSA) is 113 Å². The third kappa shape index (κ3) is 5.70. The Morgan fingerprint density at radius 1 is 1.16 bits per heavy atom. The Bertz CT molecular complexity index is 1490. The highest BCUT2D eigenvalue weighted by molar-refractivity contribution is 6.02. The van der Waals surface area contributed by atoms with E-state index in [1.807, 2.05) is 32.1 Å². The number of carbonyl (C=O) groups excluding carboxylic acids is 1. The molecule has 0 radical (unpaired) electrons. The van der Waals surface area contributed by atoms with Crippen LogP contribution in [0.4, 0.5) is 27.4 Å². The van der Waals surface area contributed by atoms with Crippen LogP contribution in [0.2, 0.25) is 0 Å². The summed E-state index contributed by atoms with van der Waals surface area (Å²) >= 11 is 0. The molecule has 0 aliphatic heterocycles. The van der Waals surface area contributed by atoms with Crippen LogP contribution in [0.15, 0.2) is 49.3 Å². The molecule has 2 aromatic heterocycles. The molecule has 1 amide bonds. The quantitative estimate of drug-likeness (QED) is 0.304. The number of anilines is 4. The van der Waals surface area contributed by atoms with E-state index < -0.39 is 0 Å². The van der Waals surface area contributed by atoms with Crippen molar-refractivity contribution in [2.24, 2.45) is 0 Å². The molecular weight excluding hydrogens is 489 g/mol. The molecule has 198 valence electrons. The van der Waals surface area contributed by atoms with E-state index in [4.69, 9.17) is 4.74 Å². The van der Waals surface area contributed by atoms with E-state index in [-0.39, 0.29) is 23.6 Å². The third-order valence-electron chi connectivity index (χ3n) is 5.88. The molecule has 0 fully saturated rings. The minimum Gasteiger partial charge on any atom is -0.494 e. The van der Waals surface area contributed by atoms with Crippen LogP contribution in [0.1, 0.15) is 5.69 Å². The van der Waals surface area contributed by atoms with Gasteiger partial charge in [-0.15, -0.1) is 0 Å². The number of benzene rings is 2. The molecule has 0 saturated heterocycles. The second kappa shape index (κ2) is 11.2. The van der Waals surface area contributed by atoms with Gasteiger partial charge in [-0.05, 0) is 51.4 Å². The Hall–Kier alpha value is -4.58. The van der Waals surface area contributed by atoms with E-state index in [2.05, 4.69) is 42.2 Å². The van der Waals surface area contributed by atoms with Gasteiger partial charge in [-0.25, -0.2) is 9.37 Å². The highest BCUT2D eigenvalue weighted by atomic mass is 19.1. The van der Waals surface area contributed by atoms with Gasteiger partial charge in [0.05, 0.1) is 35.4 Å². The smallest absolute Gasteiger partial charge is 0.255 e. The Morgan fingerprint density at radius 2 is 1.95 bits per heavy atom. The number of fused-ring (bicyclic) bond motifs is 1. The molecule has 4 rings (SSSR count). The first-order valence-electron chi connectivity index (χ1n) is 11.8. The minimum atomic E-state index is -0.347. The minimum absolute atomic E-state index is 0.228. The number of hydrogen-bond acceptors (Lipinski definition) is 9. The Balaban J connectivity index is 1.71. The number of nitrogens with zero attached hydrogens (tertiary/aromatic N) is 7. The van der Waals surface area contributed by atoms with Crippen molar-refractivity contribution in [1.82, 2.24) is 29.6 Å². The molecule has 0 bridgehead atoms. The van der Waals surface area contributed by atoms with Crippen molar-refractivity contribution in [2.75, 3.05) is 56.9 Å². The van der Waals surface area contributed by atoms with Crippen molar-refractivity contribution >= 4 is 39.8 Å². The summed E-state index contributed by atoms with van der Waals surface area (Å²) in [7, 11) is 7.49. The predicted molar refractivity (Wildman–Crippen MR) is 146 cm³/mol. The average molecular weight is 520 g/mol. The maximum absolute atomic E-state index is 13.8. The predicted octanol–water partition coefficient (Wildman–Crippen LogP) is 3.53. The lowest BCUT2D eigenvalue weighted by molar-refractivity contribution is -0.111. The highest BCUT2D eigenvalue weighted by Gasteiger charge is 2.18. The van der Waals surface area contributed by atoms with Crippen molar-refractivity contribution in [2.45, 2.75) is 6.92 Å². The number of amides is 1. The number of aryl methyl sites for hydroxylation is 1. The number of carbonyl (C=O) groups is 1. The number of hydrogen-bond donors (Lipinski definition) is 2. The molecule has 38 heavy (non-hydrogen) atoms. The van der Waals surface area contributed by atoms with Crippen LogP contribution in [0.3, 0.4) is 0 Å². The summed E-state index contributed by atoms with van der Waals surface area (Å²) in [6, 6.07) is 8.00. The standard InChI is InChI=1S/C26H30FN9O2/c1-7-24(37)30-19-13-20(23(38-6)14-22(19)35(5)11-10-34(3)4)31-25-28-15-29-26(32-25)36-21-9-8-17(27)12-18(21)16(2)33-36/h7-9,12-15H,1,10-11H2,2-6H3,(H,30,37)(H,28,29,31,32). The van der Waals surface area contributed by atoms with Gasteiger partial charge in [0.15, 0.2) is 0 Å². The second-order valence-electron chi connectivity index (χ2n) is 8.88.